The van der Waals surface area contributed by atoms with Gasteiger partial charge in [0.25, 0.3) is 0 Å². The Balaban J connectivity index is 2.12. The Morgan fingerprint density at radius 1 is 1.00 bits per heavy atom. The highest BCUT2D eigenvalue weighted by molar-refractivity contribution is 7.98. The number of benzene rings is 2. The van der Waals surface area contributed by atoms with Crippen LogP contribution in [0, 0.1) is 28.5 Å². The Kier molecular flexibility index (Phi) is 5.17. The Labute approximate surface area is 154 Å². The molecule has 0 aliphatic heterocycles. The maximum atomic E-state index is 13.7. The Hall–Kier alpha value is -3.35. The van der Waals surface area contributed by atoms with Gasteiger partial charge in [0.05, 0.1) is 5.56 Å². The van der Waals surface area contributed by atoms with E-state index in [4.69, 9.17) is 5.73 Å². The number of nitrogens with two attached hydrogens (primary N) is 1. The van der Waals surface area contributed by atoms with E-state index in [-0.39, 0.29) is 16.9 Å². The van der Waals surface area contributed by atoms with E-state index in [1.54, 1.807) is 6.07 Å². The molecule has 3 rings (SSSR count). The number of hydrogen-bond acceptors (Lipinski definition) is 5. The number of nitrogens with zero attached hydrogens (tertiary/aromatic N) is 3. The standard InChI is InChI=1S/C20H13FN4S/c21-15-8-4-7-14(9-15)18-16(10-22)19(24)25-20(17(18)11-23)26-12-13-5-2-1-3-6-13/h1-9H,12H2,(H2,24,25). The fraction of sp³-hybridized carbons (Fsp3) is 0.0500. The van der Waals surface area contributed by atoms with Gasteiger partial charge in [0.1, 0.15) is 34.4 Å². The van der Waals surface area contributed by atoms with Gasteiger partial charge in [0.15, 0.2) is 0 Å². The summed E-state index contributed by atoms with van der Waals surface area (Å²) in [7, 11) is 0. The van der Waals surface area contributed by atoms with Crippen molar-refractivity contribution in [2.24, 2.45) is 0 Å². The molecule has 3 aromatic rings. The molecule has 1 heterocycles. The lowest BCUT2D eigenvalue weighted by Crippen LogP contribution is -2.03. The number of thioether (sulfide) groups is 1. The van der Waals surface area contributed by atoms with Gasteiger partial charge in [-0.05, 0) is 23.3 Å². The third-order valence-electron chi connectivity index (χ3n) is 3.75. The number of hydrogen-bond donors (Lipinski definition) is 1. The van der Waals surface area contributed by atoms with E-state index in [9.17, 15) is 14.9 Å². The van der Waals surface area contributed by atoms with Crippen molar-refractivity contribution in [3.8, 4) is 23.3 Å². The maximum Gasteiger partial charge on any atom is 0.143 e. The summed E-state index contributed by atoms with van der Waals surface area (Å²) >= 11 is 1.35. The lowest BCUT2D eigenvalue weighted by atomic mass is 9.97. The lowest BCUT2D eigenvalue weighted by Gasteiger charge is -2.13. The second-order valence-electron chi connectivity index (χ2n) is 5.44. The summed E-state index contributed by atoms with van der Waals surface area (Å²) in [6, 6.07) is 19.6. The highest BCUT2D eigenvalue weighted by atomic mass is 32.2. The zero-order chi connectivity index (χ0) is 18.5. The number of nitriles is 2. The number of anilines is 1. The summed E-state index contributed by atoms with van der Waals surface area (Å²) in [4.78, 5) is 4.24. The van der Waals surface area contributed by atoms with Crippen molar-refractivity contribution in [1.82, 2.24) is 4.98 Å². The van der Waals surface area contributed by atoms with E-state index in [1.165, 1.54) is 30.0 Å². The van der Waals surface area contributed by atoms with Crippen molar-refractivity contribution >= 4 is 17.6 Å². The predicted molar refractivity (Wildman–Crippen MR) is 99.5 cm³/mol. The molecular formula is C20H13FN4S. The molecule has 0 bridgehead atoms. The van der Waals surface area contributed by atoms with E-state index in [0.717, 1.165) is 5.56 Å². The van der Waals surface area contributed by atoms with Gasteiger partial charge >= 0.3 is 0 Å². The van der Waals surface area contributed by atoms with E-state index in [1.807, 2.05) is 36.4 Å². The van der Waals surface area contributed by atoms with Gasteiger partial charge in [0, 0.05) is 11.3 Å². The zero-order valence-corrected chi connectivity index (χ0v) is 14.4. The number of halogens is 1. The molecule has 4 nitrogen and oxygen atoms in total. The van der Waals surface area contributed by atoms with E-state index in [0.29, 0.717) is 21.9 Å². The van der Waals surface area contributed by atoms with E-state index in [2.05, 4.69) is 11.1 Å². The molecule has 0 unspecified atom stereocenters. The predicted octanol–water partition coefficient (Wildman–Crippen LogP) is 4.51. The first-order valence-corrected chi connectivity index (χ1v) is 8.69. The van der Waals surface area contributed by atoms with Gasteiger partial charge in [-0.15, -0.1) is 11.8 Å². The van der Waals surface area contributed by atoms with Crippen LogP contribution in [0.4, 0.5) is 10.2 Å². The van der Waals surface area contributed by atoms with Crippen LogP contribution in [0.5, 0.6) is 0 Å². The minimum Gasteiger partial charge on any atom is -0.383 e. The van der Waals surface area contributed by atoms with Crippen LogP contribution in [0.1, 0.15) is 16.7 Å². The van der Waals surface area contributed by atoms with Crippen LogP contribution in [-0.4, -0.2) is 4.98 Å². The summed E-state index contributed by atoms with van der Waals surface area (Å²) in [5.74, 6) is 0.168. The van der Waals surface area contributed by atoms with Gasteiger partial charge in [-0.25, -0.2) is 9.37 Å². The SMILES string of the molecule is N#Cc1c(N)nc(SCc2ccccc2)c(C#N)c1-c1cccc(F)c1. The third-order valence-corrected chi connectivity index (χ3v) is 4.79. The van der Waals surface area contributed by atoms with Crippen LogP contribution in [0.3, 0.4) is 0 Å². The summed E-state index contributed by atoms with van der Waals surface area (Å²) in [5.41, 5.74) is 8.06. The van der Waals surface area contributed by atoms with Crippen molar-refractivity contribution < 1.29 is 4.39 Å². The Morgan fingerprint density at radius 2 is 1.73 bits per heavy atom. The molecular weight excluding hydrogens is 347 g/mol. The quantitative estimate of drug-likeness (QED) is 0.692. The highest BCUT2D eigenvalue weighted by Crippen LogP contribution is 2.36. The fourth-order valence-electron chi connectivity index (χ4n) is 2.56. The van der Waals surface area contributed by atoms with Gasteiger partial charge in [-0.2, -0.15) is 10.5 Å². The molecule has 2 N–H and O–H groups in total. The monoisotopic (exact) mass is 360 g/mol. The molecule has 0 fully saturated rings. The average Bonchev–Trinajstić information content (AvgIpc) is 2.66. The third kappa shape index (κ3) is 3.51. The van der Waals surface area contributed by atoms with Crippen LogP contribution in [0.2, 0.25) is 0 Å². The molecule has 2 aromatic carbocycles. The Morgan fingerprint density at radius 3 is 2.38 bits per heavy atom. The largest absolute Gasteiger partial charge is 0.383 e. The minimum absolute atomic E-state index is 0.0290. The molecule has 26 heavy (non-hydrogen) atoms. The average molecular weight is 360 g/mol. The summed E-state index contributed by atoms with van der Waals surface area (Å²) < 4.78 is 13.7. The van der Waals surface area contributed by atoms with Gasteiger partial charge in [-0.1, -0.05) is 42.5 Å². The van der Waals surface area contributed by atoms with Crippen molar-refractivity contribution in [3.63, 3.8) is 0 Å². The Bertz CT molecular complexity index is 1040. The zero-order valence-electron chi connectivity index (χ0n) is 13.6. The number of aromatic nitrogens is 1. The molecule has 0 atom stereocenters. The van der Waals surface area contributed by atoms with Crippen LogP contribution >= 0.6 is 11.8 Å². The smallest absolute Gasteiger partial charge is 0.143 e. The van der Waals surface area contributed by atoms with Gasteiger partial charge in [0.2, 0.25) is 0 Å². The van der Waals surface area contributed by atoms with Crippen LogP contribution in [-0.2, 0) is 5.75 Å². The molecule has 6 heteroatoms. The molecule has 0 aliphatic rings. The summed E-state index contributed by atoms with van der Waals surface area (Å²) in [5, 5.41) is 19.6. The fourth-order valence-corrected chi connectivity index (χ4v) is 3.51. The molecule has 126 valence electrons. The number of pyridine rings is 1. The first kappa shape index (κ1) is 17.5. The molecule has 1 aromatic heterocycles. The van der Waals surface area contributed by atoms with Crippen molar-refractivity contribution in [3.05, 3.63) is 77.1 Å². The van der Waals surface area contributed by atoms with Crippen molar-refractivity contribution in [2.45, 2.75) is 10.8 Å². The minimum atomic E-state index is -0.454. The normalized spacial score (nSPS) is 10.1. The second kappa shape index (κ2) is 7.69. The first-order valence-electron chi connectivity index (χ1n) is 7.70. The van der Waals surface area contributed by atoms with Crippen molar-refractivity contribution in [2.75, 3.05) is 5.73 Å². The molecule has 0 spiro atoms. The van der Waals surface area contributed by atoms with E-state index >= 15 is 0 Å². The van der Waals surface area contributed by atoms with E-state index < -0.39 is 5.82 Å². The highest BCUT2D eigenvalue weighted by Gasteiger charge is 2.20. The van der Waals surface area contributed by atoms with Crippen LogP contribution < -0.4 is 5.73 Å². The molecule has 0 saturated carbocycles. The second-order valence-corrected chi connectivity index (χ2v) is 6.40. The number of rotatable bonds is 4. The first-order chi connectivity index (χ1) is 12.6. The molecule has 0 aliphatic carbocycles. The van der Waals surface area contributed by atoms with Crippen LogP contribution in [0.15, 0.2) is 59.6 Å². The summed E-state index contributed by atoms with van der Waals surface area (Å²) in [6.07, 6.45) is 0. The van der Waals surface area contributed by atoms with Crippen LogP contribution in [0.25, 0.3) is 11.1 Å². The molecule has 0 saturated heterocycles. The number of nitrogen functional groups attached to an aromatic ring is 1. The van der Waals surface area contributed by atoms with Gasteiger partial charge in [-0.3, -0.25) is 0 Å². The molecule has 0 amide bonds. The topological polar surface area (TPSA) is 86.5 Å². The molecule has 0 radical (unpaired) electrons. The summed E-state index contributed by atoms with van der Waals surface area (Å²) in [6.45, 7) is 0. The van der Waals surface area contributed by atoms with Gasteiger partial charge < -0.3 is 5.73 Å². The maximum absolute atomic E-state index is 13.7. The lowest BCUT2D eigenvalue weighted by molar-refractivity contribution is 0.628. The van der Waals surface area contributed by atoms with Crippen molar-refractivity contribution in [1.29, 1.82) is 10.5 Å².